The van der Waals surface area contributed by atoms with Crippen LogP contribution in [0.25, 0.3) is 0 Å². The Hall–Kier alpha value is -2.00. The van der Waals surface area contributed by atoms with Gasteiger partial charge in [0, 0.05) is 22.9 Å². The van der Waals surface area contributed by atoms with E-state index in [4.69, 9.17) is 11.6 Å². The van der Waals surface area contributed by atoms with Gasteiger partial charge in [0.1, 0.15) is 0 Å². The van der Waals surface area contributed by atoms with Crippen LogP contribution in [0.3, 0.4) is 0 Å². The summed E-state index contributed by atoms with van der Waals surface area (Å²) in [6.45, 7) is 0.965. The van der Waals surface area contributed by atoms with Crippen molar-refractivity contribution in [3.63, 3.8) is 0 Å². The Morgan fingerprint density at radius 1 is 1.25 bits per heavy atom. The maximum absolute atomic E-state index is 12.0. The molecule has 0 atom stereocenters. The van der Waals surface area contributed by atoms with Crippen LogP contribution in [-0.4, -0.2) is 12.5 Å². The molecule has 3 nitrogen and oxygen atoms in total. The Kier molecular flexibility index (Phi) is 3.61. The minimum Gasteiger partial charge on any atom is -0.384 e. The van der Waals surface area contributed by atoms with Crippen LogP contribution in [0.2, 0.25) is 5.02 Å². The lowest BCUT2D eigenvalue weighted by molar-refractivity contribution is -0.115. The number of amides is 1. The lowest BCUT2D eigenvalue weighted by atomic mass is 10.1. The van der Waals surface area contributed by atoms with Gasteiger partial charge < -0.3 is 10.6 Å². The van der Waals surface area contributed by atoms with Crippen molar-refractivity contribution >= 4 is 28.9 Å². The van der Waals surface area contributed by atoms with Crippen LogP contribution in [0, 0.1) is 0 Å². The minimum atomic E-state index is -0.0518. The number of carbonyl (C=O) groups excluding carboxylic acids is 1. The molecule has 1 amide bonds. The van der Waals surface area contributed by atoms with Crippen molar-refractivity contribution in [2.75, 3.05) is 17.2 Å². The maximum Gasteiger partial charge on any atom is 0.228 e. The van der Waals surface area contributed by atoms with E-state index in [0.717, 1.165) is 29.9 Å². The Labute approximate surface area is 123 Å². The summed E-state index contributed by atoms with van der Waals surface area (Å²) in [5, 5.41) is 6.85. The Balaban J connectivity index is 1.69. The van der Waals surface area contributed by atoms with Crippen LogP contribution in [-0.2, 0) is 17.6 Å². The van der Waals surface area contributed by atoms with Crippen LogP contribution in [0.15, 0.2) is 42.5 Å². The molecule has 20 heavy (non-hydrogen) atoms. The third-order valence-electron chi connectivity index (χ3n) is 3.41. The van der Waals surface area contributed by atoms with Gasteiger partial charge in [-0.15, -0.1) is 0 Å². The van der Waals surface area contributed by atoms with Gasteiger partial charge in [0.15, 0.2) is 0 Å². The van der Waals surface area contributed by atoms with Crippen molar-refractivity contribution in [3.05, 3.63) is 58.6 Å². The zero-order chi connectivity index (χ0) is 13.9. The topological polar surface area (TPSA) is 41.1 Å². The van der Waals surface area contributed by atoms with E-state index in [1.807, 2.05) is 36.4 Å². The molecule has 3 rings (SSSR count). The predicted octanol–water partition coefficient (Wildman–Crippen LogP) is 3.49. The van der Waals surface area contributed by atoms with Gasteiger partial charge in [0.25, 0.3) is 0 Å². The summed E-state index contributed by atoms with van der Waals surface area (Å²) < 4.78 is 0. The van der Waals surface area contributed by atoms with Gasteiger partial charge in [-0.05, 0) is 41.8 Å². The molecule has 0 spiro atoms. The standard InChI is InChI=1S/C16H15ClN2O/c17-14-4-2-1-3-11(14)10-16(20)19-13-5-6-15-12(9-13)7-8-18-15/h1-6,9,18H,7-8,10H2,(H,19,20). The van der Waals surface area contributed by atoms with E-state index in [1.165, 1.54) is 5.56 Å². The van der Waals surface area contributed by atoms with Gasteiger partial charge >= 0.3 is 0 Å². The molecule has 0 saturated heterocycles. The van der Waals surface area contributed by atoms with Crippen molar-refractivity contribution in [3.8, 4) is 0 Å². The number of hydrogen-bond acceptors (Lipinski definition) is 2. The smallest absolute Gasteiger partial charge is 0.228 e. The van der Waals surface area contributed by atoms with Crippen LogP contribution in [0.1, 0.15) is 11.1 Å². The van der Waals surface area contributed by atoms with Crippen molar-refractivity contribution in [1.82, 2.24) is 0 Å². The fourth-order valence-corrected chi connectivity index (χ4v) is 2.61. The fraction of sp³-hybridized carbons (Fsp3) is 0.188. The summed E-state index contributed by atoms with van der Waals surface area (Å²) in [6.07, 6.45) is 1.29. The second-order valence-corrected chi connectivity index (χ2v) is 5.27. The van der Waals surface area contributed by atoms with Crippen molar-refractivity contribution in [2.45, 2.75) is 12.8 Å². The van der Waals surface area contributed by atoms with E-state index >= 15 is 0 Å². The number of anilines is 2. The number of fused-ring (bicyclic) bond motifs is 1. The van der Waals surface area contributed by atoms with E-state index < -0.39 is 0 Å². The highest BCUT2D eigenvalue weighted by atomic mass is 35.5. The highest BCUT2D eigenvalue weighted by Crippen LogP contribution is 2.25. The zero-order valence-corrected chi connectivity index (χ0v) is 11.7. The Bertz CT molecular complexity index is 655. The van der Waals surface area contributed by atoms with Gasteiger partial charge in [-0.1, -0.05) is 29.8 Å². The Morgan fingerprint density at radius 3 is 2.95 bits per heavy atom. The predicted molar refractivity (Wildman–Crippen MR) is 82.4 cm³/mol. The van der Waals surface area contributed by atoms with Gasteiger partial charge in [0.05, 0.1) is 6.42 Å². The molecule has 2 aromatic rings. The Morgan fingerprint density at radius 2 is 2.10 bits per heavy atom. The summed E-state index contributed by atoms with van der Waals surface area (Å²) in [5.41, 5.74) is 4.09. The molecule has 0 aromatic heterocycles. The van der Waals surface area contributed by atoms with Gasteiger partial charge in [0.2, 0.25) is 5.91 Å². The average Bonchev–Trinajstić information content (AvgIpc) is 2.89. The normalized spacial score (nSPS) is 12.7. The molecule has 0 radical (unpaired) electrons. The van der Waals surface area contributed by atoms with Crippen molar-refractivity contribution in [2.24, 2.45) is 0 Å². The number of benzene rings is 2. The van der Waals surface area contributed by atoms with Crippen molar-refractivity contribution < 1.29 is 4.79 Å². The fourth-order valence-electron chi connectivity index (χ4n) is 2.40. The minimum absolute atomic E-state index is 0.0518. The molecule has 0 saturated carbocycles. The van der Waals surface area contributed by atoms with E-state index in [0.29, 0.717) is 5.02 Å². The molecule has 0 aliphatic carbocycles. The summed E-state index contributed by atoms with van der Waals surface area (Å²) in [4.78, 5) is 12.0. The molecule has 0 fully saturated rings. The van der Waals surface area contributed by atoms with E-state index in [2.05, 4.69) is 10.6 Å². The molecule has 4 heteroatoms. The molecule has 102 valence electrons. The third-order valence-corrected chi connectivity index (χ3v) is 3.78. The molecular weight excluding hydrogens is 272 g/mol. The second-order valence-electron chi connectivity index (χ2n) is 4.87. The van der Waals surface area contributed by atoms with Gasteiger partial charge in [-0.25, -0.2) is 0 Å². The quantitative estimate of drug-likeness (QED) is 0.907. The SMILES string of the molecule is O=C(Cc1ccccc1Cl)Nc1ccc2c(c1)CCN2. The molecular formula is C16H15ClN2O. The third kappa shape index (κ3) is 2.78. The number of halogens is 1. The first-order valence-corrected chi connectivity index (χ1v) is 7.00. The van der Waals surface area contributed by atoms with Gasteiger partial charge in [-0.3, -0.25) is 4.79 Å². The van der Waals surface area contributed by atoms with E-state index in [9.17, 15) is 4.79 Å². The van der Waals surface area contributed by atoms with E-state index in [1.54, 1.807) is 6.07 Å². The summed E-state index contributed by atoms with van der Waals surface area (Å²) in [7, 11) is 0. The highest BCUT2D eigenvalue weighted by Gasteiger charge is 2.12. The van der Waals surface area contributed by atoms with E-state index in [-0.39, 0.29) is 12.3 Å². The maximum atomic E-state index is 12.0. The summed E-state index contributed by atoms with van der Waals surface area (Å²) >= 11 is 6.06. The molecule has 0 bridgehead atoms. The first-order valence-electron chi connectivity index (χ1n) is 6.62. The molecule has 1 heterocycles. The molecule has 1 aliphatic rings. The molecule has 2 N–H and O–H groups in total. The lowest BCUT2D eigenvalue weighted by Crippen LogP contribution is -2.14. The molecule has 2 aromatic carbocycles. The van der Waals surface area contributed by atoms with Crippen LogP contribution >= 0.6 is 11.6 Å². The van der Waals surface area contributed by atoms with Crippen LogP contribution in [0.4, 0.5) is 11.4 Å². The number of nitrogens with one attached hydrogen (secondary N) is 2. The number of hydrogen-bond donors (Lipinski definition) is 2. The molecule has 1 aliphatic heterocycles. The largest absolute Gasteiger partial charge is 0.384 e. The zero-order valence-electron chi connectivity index (χ0n) is 10.9. The summed E-state index contributed by atoms with van der Waals surface area (Å²) in [5.74, 6) is -0.0518. The first kappa shape index (κ1) is 13.0. The molecule has 0 unspecified atom stereocenters. The van der Waals surface area contributed by atoms with Crippen molar-refractivity contribution in [1.29, 1.82) is 0 Å². The number of carbonyl (C=O) groups is 1. The average molecular weight is 287 g/mol. The second kappa shape index (κ2) is 5.55. The highest BCUT2D eigenvalue weighted by molar-refractivity contribution is 6.31. The summed E-state index contributed by atoms with van der Waals surface area (Å²) in [6, 6.07) is 13.4. The first-order chi connectivity index (χ1) is 9.72. The lowest BCUT2D eigenvalue weighted by Gasteiger charge is -2.08. The number of rotatable bonds is 3. The van der Waals surface area contributed by atoms with Gasteiger partial charge in [-0.2, -0.15) is 0 Å². The monoisotopic (exact) mass is 286 g/mol. The van der Waals surface area contributed by atoms with Crippen LogP contribution in [0.5, 0.6) is 0 Å². The van der Waals surface area contributed by atoms with Crippen LogP contribution < -0.4 is 10.6 Å².